The number of carbonyl (C=O) groups is 2. The molecule has 0 aromatic carbocycles. The number of carbonyl (C=O) groups excluding carboxylic acids is 2. The summed E-state index contributed by atoms with van der Waals surface area (Å²) in [6.45, 7) is 4.87. The molecule has 0 aromatic rings. The molecule has 2 bridgehead atoms. The van der Waals surface area contributed by atoms with E-state index in [9.17, 15) is 9.59 Å². The zero-order valence-electron chi connectivity index (χ0n) is 16.6. The molecule has 2 heterocycles. The SMILES string of the molecule is CC12CCC(=O)[C@H]3O[C@@H](C[C@H]31)C1C2CCC2(C)C1CCC1CCC(=O)O[C@@H]12. The van der Waals surface area contributed by atoms with Crippen LogP contribution in [0.25, 0.3) is 0 Å². The van der Waals surface area contributed by atoms with Crippen LogP contribution >= 0.6 is 0 Å². The topological polar surface area (TPSA) is 52.6 Å². The fraction of sp³-hybridized carbons (Fsp3) is 0.913. The van der Waals surface area contributed by atoms with Crippen molar-refractivity contribution >= 4 is 11.8 Å². The minimum atomic E-state index is -0.130. The molecule has 2 aliphatic heterocycles. The molecule has 4 nitrogen and oxygen atoms in total. The molecule has 6 aliphatic rings. The van der Waals surface area contributed by atoms with E-state index >= 15 is 0 Å². The molecule has 0 amide bonds. The van der Waals surface area contributed by atoms with Gasteiger partial charge in [-0.15, -0.1) is 0 Å². The Hall–Kier alpha value is -0.900. The van der Waals surface area contributed by atoms with Crippen LogP contribution in [-0.2, 0) is 19.1 Å². The number of fused-ring (bicyclic) bond motifs is 8. The van der Waals surface area contributed by atoms with Gasteiger partial charge in [-0.3, -0.25) is 9.59 Å². The highest BCUT2D eigenvalue weighted by atomic mass is 16.5. The van der Waals surface area contributed by atoms with Gasteiger partial charge in [-0.1, -0.05) is 13.8 Å². The van der Waals surface area contributed by atoms with Crippen LogP contribution < -0.4 is 0 Å². The molecule has 0 aromatic heterocycles. The van der Waals surface area contributed by atoms with Crippen molar-refractivity contribution in [2.24, 2.45) is 40.4 Å². The molecule has 27 heavy (non-hydrogen) atoms. The monoisotopic (exact) mass is 372 g/mol. The number of esters is 1. The van der Waals surface area contributed by atoms with E-state index in [-0.39, 0.29) is 35.1 Å². The van der Waals surface area contributed by atoms with Gasteiger partial charge in [0.2, 0.25) is 0 Å². The molecule has 10 atom stereocenters. The van der Waals surface area contributed by atoms with E-state index in [0.717, 1.165) is 19.3 Å². The largest absolute Gasteiger partial charge is 0.461 e. The second kappa shape index (κ2) is 5.37. The standard InChI is InChI=1S/C23H32O4/c1-22-10-8-16(24)20-15(22)11-17(26-20)19-13-5-3-12-4-6-18(25)27-21(12)23(13,2)9-7-14(19)22/h12-15,17,19-21H,3-11H2,1-2H3/t12?,13?,14?,15-,17+,19?,20+,21+,22?,23?/m1/s1. The van der Waals surface area contributed by atoms with Crippen LogP contribution in [-0.4, -0.2) is 30.1 Å². The van der Waals surface area contributed by atoms with Gasteiger partial charge < -0.3 is 9.47 Å². The normalized spacial score (nSPS) is 58.7. The first kappa shape index (κ1) is 17.0. The fourth-order valence-electron chi connectivity index (χ4n) is 8.90. The Morgan fingerprint density at radius 3 is 2.56 bits per heavy atom. The molecule has 6 rings (SSSR count). The first-order valence-corrected chi connectivity index (χ1v) is 11.3. The molecule has 0 N–H and O–H groups in total. The lowest BCUT2D eigenvalue weighted by Crippen LogP contribution is -2.62. The number of ketones is 1. The number of ether oxygens (including phenoxy) is 2. The van der Waals surface area contributed by atoms with Crippen LogP contribution in [0.15, 0.2) is 0 Å². The third-order valence-electron chi connectivity index (χ3n) is 10.2. The van der Waals surface area contributed by atoms with E-state index in [2.05, 4.69) is 13.8 Å². The minimum absolute atomic E-state index is 0.00879. The molecular formula is C23H32O4. The van der Waals surface area contributed by atoms with Gasteiger partial charge in [0.15, 0.2) is 5.78 Å². The summed E-state index contributed by atoms with van der Waals surface area (Å²) < 4.78 is 12.5. The van der Waals surface area contributed by atoms with Crippen molar-refractivity contribution in [1.82, 2.24) is 0 Å². The van der Waals surface area contributed by atoms with Crippen LogP contribution in [0.2, 0.25) is 0 Å². The van der Waals surface area contributed by atoms with Crippen LogP contribution in [0.5, 0.6) is 0 Å². The van der Waals surface area contributed by atoms with Crippen molar-refractivity contribution in [3.8, 4) is 0 Å². The maximum absolute atomic E-state index is 12.5. The number of hydrogen-bond acceptors (Lipinski definition) is 4. The zero-order valence-corrected chi connectivity index (χ0v) is 16.6. The van der Waals surface area contributed by atoms with Crippen molar-refractivity contribution in [3.05, 3.63) is 0 Å². The maximum atomic E-state index is 12.5. The Balaban J connectivity index is 1.39. The first-order valence-electron chi connectivity index (χ1n) is 11.3. The summed E-state index contributed by atoms with van der Waals surface area (Å²) in [5, 5.41) is 0. The molecular weight excluding hydrogens is 340 g/mol. The Morgan fingerprint density at radius 2 is 1.70 bits per heavy atom. The number of rotatable bonds is 0. The van der Waals surface area contributed by atoms with Gasteiger partial charge in [0.1, 0.15) is 12.2 Å². The van der Waals surface area contributed by atoms with Gasteiger partial charge in [-0.25, -0.2) is 0 Å². The van der Waals surface area contributed by atoms with E-state index in [1.165, 1.54) is 25.7 Å². The second-order valence-corrected chi connectivity index (χ2v) is 11.0. The summed E-state index contributed by atoms with van der Waals surface area (Å²) in [5.41, 5.74) is 0.352. The van der Waals surface area contributed by atoms with Crippen LogP contribution in [0.3, 0.4) is 0 Å². The summed E-state index contributed by atoms with van der Waals surface area (Å²) >= 11 is 0. The van der Waals surface area contributed by atoms with Gasteiger partial charge in [0, 0.05) is 24.2 Å². The highest BCUT2D eigenvalue weighted by Crippen LogP contribution is 2.69. The van der Waals surface area contributed by atoms with E-state index in [1.54, 1.807) is 0 Å². The smallest absolute Gasteiger partial charge is 0.306 e. The van der Waals surface area contributed by atoms with Crippen LogP contribution in [0.1, 0.15) is 71.6 Å². The average Bonchev–Trinajstić information content (AvgIpc) is 3.08. The second-order valence-electron chi connectivity index (χ2n) is 11.0. The lowest BCUT2D eigenvalue weighted by atomic mass is 9.42. The van der Waals surface area contributed by atoms with Crippen molar-refractivity contribution in [3.63, 3.8) is 0 Å². The highest BCUT2D eigenvalue weighted by Gasteiger charge is 2.68. The Morgan fingerprint density at radius 1 is 0.889 bits per heavy atom. The molecule has 6 unspecified atom stereocenters. The molecule has 0 radical (unpaired) electrons. The summed E-state index contributed by atoms with van der Waals surface area (Å²) in [4.78, 5) is 24.6. The quantitative estimate of drug-likeness (QED) is 0.605. The Labute approximate surface area is 161 Å². The van der Waals surface area contributed by atoms with Gasteiger partial charge >= 0.3 is 5.97 Å². The van der Waals surface area contributed by atoms with Gasteiger partial charge in [0.25, 0.3) is 0 Å². The van der Waals surface area contributed by atoms with E-state index in [0.29, 0.717) is 48.2 Å². The maximum Gasteiger partial charge on any atom is 0.306 e. The zero-order chi connectivity index (χ0) is 18.6. The van der Waals surface area contributed by atoms with Crippen molar-refractivity contribution in [2.75, 3.05) is 0 Å². The van der Waals surface area contributed by atoms with Gasteiger partial charge in [-0.2, -0.15) is 0 Å². The summed E-state index contributed by atoms with van der Waals surface area (Å²) in [6, 6.07) is 0. The lowest BCUT2D eigenvalue weighted by molar-refractivity contribution is -0.209. The average molecular weight is 373 g/mol. The minimum Gasteiger partial charge on any atom is -0.461 e. The Kier molecular flexibility index (Phi) is 3.38. The van der Waals surface area contributed by atoms with E-state index in [1.807, 2.05) is 0 Å². The molecule has 148 valence electrons. The van der Waals surface area contributed by atoms with Crippen molar-refractivity contribution < 1.29 is 19.1 Å². The summed E-state index contributed by atoms with van der Waals surface area (Å²) in [5.74, 6) is 3.15. The summed E-state index contributed by atoms with van der Waals surface area (Å²) in [7, 11) is 0. The molecule has 4 aliphatic carbocycles. The molecule has 4 heteroatoms. The number of Topliss-reactive ketones (excluding diaryl/α,β-unsaturated/α-hetero) is 1. The lowest BCUT2D eigenvalue weighted by Gasteiger charge is -2.63. The van der Waals surface area contributed by atoms with E-state index < -0.39 is 0 Å². The molecule has 4 saturated carbocycles. The van der Waals surface area contributed by atoms with Gasteiger partial charge in [-0.05, 0) is 74.0 Å². The fourth-order valence-corrected chi connectivity index (χ4v) is 8.90. The number of hydrogen-bond donors (Lipinski definition) is 0. The van der Waals surface area contributed by atoms with Crippen LogP contribution in [0, 0.1) is 40.4 Å². The third-order valence-corrected chi connectivity index (χ3v) is 10.2. The molecule has 2 saturated heterocycles. The van der Waals surface area contributed by atoms with Crippen molar-refractivity contribution in [2.45, 2.75) is 89.9 Å². The predicted octanol–water partition coefficient (Wildman–Crippen LogP) is 3.91. The van der Waals surface area contributed by atoms with Gasteiger partial charge in [0.05, 0.1) is 6.10 Å². The molecule has 0 spiro atoms. The summed E-state index contributed by atoms with van der Waals surface area (Å²) in [6.07, 6.45) is 9.49. The highest BCUT2D eigenvalue weighted by molar-refractivity contribution is 5.85. The molecule has 6 fully saturated rings. The third kappa shape index (κ3) is 2.04. The Bertz CT molecular complexity index is 702. The first-order chi connectivity index (χ1) is 12.9. The van der Waals surface area contributed by atoms with Crippen LogP contribution in [0.4, 0.5) is 0 Å². The van der Waals surface area contributed by atoms with Crippen molar-refractivity contribution in [1.29, 1.82) is 0 Å². The predicted molar refractivity (Wildman–Crippen MR) is 98.8 cm³/mol. The van der Waals surface area contributed by atoms with E-state index in [4.69, 9.17) is 9.47 Å².